The van der Waals surface area contributed by atoms with E-state index in [-0.39, 0.29) is 5.91 Å². The summed E-state index contributed by atoms with van der Waals surface area (Å²) in [5.74, 6) is 0.305. The van der Waals surface area contributed by atoms with Crippen LogP contribution in [0.5, 0.6) is 0 Å². The number of halogens is 1. The van der Waals surface area contributed by atoms with Crippen LogP contribution in [0, 0.1) is 0 Å². The summed E-state index contributed by atoms with van der Waals surface area (Å²) in [5.41, 5.74) is 7.01. The number of carbonyl (C=O) groups is 1. The summed E-state index contributed by atoms with van der Waals surface area (Å²) >= 11 is 3.28. The molecule has 6 nitrogen and oxygen atoms in total. The van der Waals surface area contributed by atoms with Crippen molar-refractivity contribution in [1.82, 2.24) is 19.9 Å². The Kier molecular flexibility index (Phi) is 4.06. The minimum atomic E-state index is -0.153. The van der Waals surface area contributed by atoms with Crippen LogP contribution in [0.4, 0.5) is 5.95 Å². The van der Waals surface area contributed by atoms with E-state index in [2.05, 4.69) is 31.2 Å². The second-order valence-electron chi connectivity index (χ2n) is 3.94. The molecule has 0 aromatic carbocycles. The molecule has 2 aromatic rings. The molecule has 1 amide bonds. The number of aromatic amines is 1. The van der Waals surface area contributed by atoms with Crippen molar-refractivity contribution >= 4 is 33.9 Å². The Labute approximate surface area is 118 Å². The second-order valence-corrected chi connectivity index (χ2v) is 4.86. The number of anilines is 1. The Hall–Kier alpha value is -2.02. The van der Waals surface area contributed by atoms with Crippen molar-refractivity contribution in [2.24, 2.45) is 7.05 Å². The van der Waals surface area contributed by atoms with E-state index >= 15 is 0 Å². The summed E-state index contributed by atoms with van der Waals surface area (Å²) in [5, 5.41) is 2.77. The van der Waals surface area contributed by atoms with Gasteiger partial charge in [-0.1, -0.05) is 6.08 Å². The molecule has 0 saturated heterocycles. The van der Waals surface area contributed by atoms with E-state index in [0.29, 0.717) is 18.2 Å². The van der Waals surface area contributed by atoms with Crippen LogP contribution in [-0.2, 0) is 7.05 Å². The molecular formula is C12H14BrN5O. The number of nitrogens with one attached hydrogen (secondary N) is 2. The van der Waals surface area contributed by atoms with Crippen LogP contribution in [0.25, 0.3) is 6.08 Å². The molecule has 0 saturated carbocycles. The molecule has 2 heterocycles. The fraction of sp³-hybridized carbons (Fsp3) is 0.167. The topological polar surface area (TPSA) is 88.7 Å². The number of nitrogen functional groups attached to an aromatic ring is 1. The van der Waals surface area contributed by atoms with Gasteiger partial charge in [-0.15, -0.1) is 0 Å². The number of hydrogen-bond donors (Lipinski definition) is 3. The summed E-state index contributed by atoms with van der Waals surface area (Å²) in [6.45, 7) is 0.431. The monoisotopic (exact) mass is 323 g/mol. The van der Waals surface area contributed by atoms with Gasteiger partial charge in [-0.2, -0.15) is 0 Å². The second kappa shape index (κ2) is 5.75. The van der Waals surface area contributed by atoms with E-state index in [1.54, 1.807) is 23.0 Å². The molecule has 0 aliphatic rings. The van der Waals surface area contributed by atoms with Gasteiger partial charge in [0.1, 0.15) is 5.69 Å². The molecule has 19 heavy (non-hydrogen) atoms. The lowest BCUT2D eigenvalue weighted by Crippen LogP contribution is -2.23. The molecule has 0 unspecified atom stereocenters. The van der Waals surface area contributed by atoms with Gasteiger partial charge in [0, 0.05) is 24.3 Å². The maximum absolute atomic E-state index is 11.7. The molecule has 0 atom stereocenters. The number of rotatable bonds is 4. The van der Waals surface area contributed by atoms with Gasteiger partial charge in [0.15, 0.2) is 5.95 Å². The molecule has 100 valence electrons. The van der Waals surface area contributed by atoms with Gasteiger partial charge in [-0.05, 0) is 28.1 Å². The Balaban J connectivity index is 1.87. The number of imidazole rings is 1. The lowest BCUT2D eigenvalue weighted by atomic mass is 10.3. The van der Waals surface area contributed by atoms with Crippen LogP contribution < -0.4 is 11.1 Å². The van der Waals surface area contributed by atoms with Crippen LogP contribution in [0.1, 0.15) is 16.2 Å². The third-order valence-electron chi connectivity index (χ3n) is 2.62. The number of H-pyrrole nitrogens is 1. The first-order chi connectivity index (χ1) is 9.08. The average Bonchev–Trinajstić information content (AvgIpc) is 2.94. The summed E-state index contributed by atoms with van der Waals surface area (Å²) in [6, 6.07) is 1.72. The van der Waals surface area contributed by atoms with Crippen molar-refractivity contribution < 1.29 is 4.79 Å². The highest BCUT2D eigenvalue weighted by atomic mass is 79.9. The predicted molar refractivity (Wildman–Crippen MR) is 77.5 cm³/mol. The van der Waals surface area contributed by atoms with Crippen LogP contribution in [-0.4, -0.2) is 27.0 Å². The molecule has 2 rings (SSSR count). The van der Waals surface area contributed by atoms with E-state index < -0.39 is 0 Å². The van der Waals surface area contributed by atoms with E-state index in [9.17, 15) is 4.79 Å². The highest BCUT2D eigenvalue weighted by molar-refractivity contribution is 9.10. The highest BCUT2D eigenvalue weighted by Gasteiger charge is 2.05. The van der Waals surface area contributed by atoms with Gasteiger partial charge >= 0.3 is 0 Å². The minimum absolute atomic E-state index is 0.153. The van der Waals surface area contributed by atoms with E-state index in [0.717, 1.165) is 10.2 Å². The van der Waals surface area contributed by atoms with Crippen molar-refractivity contribution in [1.29, 1.82) is 0 Å². The molecule has 7 heteroatoms. The largest absolute Gasteiger partial charge is 0.369 e. The normalized spacial score (nSPS) is 11.1. The molecule has 0 bridgehead atoms. The van der Waals surface area contributed by atoms with Crippen LogP contribution in [0.2, 0.25) is 0 Å². The zero-order chi connectivity index (χ0) is 13.8. The van der Waals surface area contributed by atoms with Gasteiger partial charge < -0.3 is 20.6 Å². The number of amides is 1. The van der Waals surface area contributed by atoms with Gasteiger partial charge in [0.2, 0.25) is 0 Å². The lowest BCUT2D eigenvalue weighted by molar-refractivity contribution is 0.0953. The van der Waals surface area contributed by atoms with E-state index in [4.69, 9.17) is 5.73 Å². The first kappa shape index (κ1) is 13.4. The van der Waals surface area contributed by atoms with Gasteiger partial charge in [-0.3, -0.25) is 4.79 Å². The molecule has 0 spiro atoms. The van der Waals surface area contributed by atoms with Crippen molar-refractivity contribution in [3.8, 4) is 0 Å². The molecule has 0 fully saturated rings. The summed E-state index contributed by atoms with van der Waals surface area (Å²) in [6.07, 6.45) is 7.08. The molecule has 0 aliphatic heterocycles. The van der Waals surface area contributed by atoms with Crippen LogP contribution in [0.15, 0.2) is 29.0 Å². The van der Waals surface area contributed by atoms with Gasteiger partial charge in [0.05, 0.1) is 11.9 Å². The lowest BCUT2D eigenvalue weighted by Gasteiger charge is -2.00. The highest BCUT2D eigenvalue weighted by Crippen LogP contribution is 2.10. The zero-order valence-electron chi connectivity index (χ0n) is 10.4. The average molecular weight is 324 g/mol. The van der Waals surface area contributed by atoms with Gasteiger partial charge in [0.25, 0.3) is 5.91 Å². The Bertz CT molecular complexity index is 613. The van der Waals surface area contributed by atoms with E-state index in [1.165, 1.54) is 0 Å². The predicted octanol–water partition coefficient (Wildman–Crippen LogP) is 1.54. The quantitative estimate of drug-likeness (QED) is 0.797. The minimum Gasteiger partial charge on any atom is -0.369 e. The van der Waals surface area contributed by atoms with Crippen LogP contribution >= 0.6 is 15.9 Å². The van der Waals surface area contributed by atoms with Crippen molar-refractivity contribution in [3.05, 3.63) is 40.4 Å². The maximum Gasteiger partial charge on any atom is 0.267 e. The molecule has 0 aliphatic carbocycles. The SMILES string of the molecule is Cn1c(/C=C\CNC(=O)c2cc(Br)c[nH]2)cnc1N. The number of aromatic nitrogens is 3. The van der Waals surface area contributed by atoms with Gasteiger partial charge in [-0.25, -0.2) is 4.98 Å². The number of nitrogens with two attached hydrogens (primary N) is 1. The third kappa shape index (κ3) is 3.25. The summed E-state index contributed by atoms with van der Waals surface area (Å²) in [7, 11) is 1.83. The Morgan fingerprint density at radius 3 is 3.05 bits per heavy atom. The first-order valence-electron chi connectivity index (χ1n) is 5.64. The van der Waals surface area contributed by atoms with Crippen molar-refractivity contribution in [3.63, 3.8) is 0 Å². The first-order valence-corrected chi connectivity index (χ1v) is 6.43. The summed E-state index contributed by atoms with van der Waals surface area (Å²) in [4.78, 5) is 18.5. The standard InChI is InChI=1S/C12H14BrN5O/c1-18-9(7-17-12(18)14)3-2-4-15-11(19)10-5-8(13)6-16-10/h2-3,5-7,16H,4H2,1H3,(H2,14,17)(H,15,19)/b3-2-. The molecule has 4 N–H and O–H groups in total. The Morgan fingerprint density at radius 1 is 1.68 bits per heavy atom. The number of nitrogens with zero attached hydrogens (tertiary/aromatic N) is 2. The smallest absolute Gasteiger partial charge is 0.267 e. The molecular weight excluding hydrogens is 310 g/mol. The fourth-order valence-electron chi connectivity index (χ4n) is 1.52. The molecule has 2 aromatic heterocycles. The summed E-state index contributed by atoms with van der Waals surface area (Å²) < 4.78 is 2.61. The van der Waals surface area contributed by atoms with Crippen LogP contribution in [0.3, 0.4) is 0 Å². The fourth-order valence-corrected chi connectivity index (χ4v) is 1.86. The number of hydrogen-bond acceptors (Lipinski definition) is 3. The third-order valence-corrected chi connectivity index (χ3v) is 3.08. The zero-order valence-corrected chi connectivity index (χ0v) is 11.9. The van der Waals surface area contributed by atoms with Crippen molar-refractivity contribution in [2.45, 2.75) is 0 Å². The van der Waals surface area contributed by atoms with E-state index in [1.807, 2.05) is 19.2 Å². The van der Waals surface area contributed by atoms with Crippen molar-refractivity contribution in [2.75, 3.05) is 12.3 Å². The molecule has 0 radical (unpaired) electrons. The number of carbonyl (C=O) groups excluding carboxylic acids is 1. The Morgan fingerprint density at radius 2 is 2.47 bits per heavy atom. The maximum atomic E-state index is 11.7.